The van der Waals surface area contributed by atoms with Crippen LogP contribution in [0.5, 0.6) is 0 Å². The molecule has 0 fully saturated rings. The molecule has 0 saturated carbocycles. The summed E-state index contributed by atoms with van der Waals surface area (Å²) in [6.45, 7) is 3.63. The molecule has 0 amide bonds. The fraction of sp³-hybridized carbons (Fsp3) is 0.300. The average Bonchev–Trinajstić information content (AvgIpc) is 2.92. The zero-order valence-corrected chi connectivity index (χ0v) is 16.9. The molecule has 1 aliphatic rings. The first-order valence-electron chi connectivity index (χ1n) is 8.17. The molecule has 6 heteroatoms. The molecule has 3 rings (SSSR count). The minimum atomic E-state index is -0.711. The van der Waals surface area contributed by atoms with Gasteiger partial charge in [0.2, 0.25) is 0 Å². The summed E-state index contributed by atoms with van der Waals surface area (Å²) >= 11 is 14.1. The number of ether oxygens (including phenoxy) is 1. The maximum Gasteiger partial charge on any atom is 0.319 e. The smallest absolute Gasteiger partial charge is 0.319 e. The van der Waals surface area contributed by atoms with Gasteiger partial charge in [-0.1, -0.05) is 59.6 Å². The van der Waals surface area contributed by atoms with Gasteiger partial charge in [-0.15, -0.1) is 0 Å². The molecule has 0 aliphatic heterocycles. The van der Waals surface area contributed by atoms with Gasteiger partial charge in [0.05, 0.1) is 21.2 Å². The van der Waals surface area contributed by atoms with Crippen molar-refractivity contribution in [2.45, 2.75) is 31.1 Å². The molecule has 2 aromatic rings. The van der Waals surface area contributed by atoms with Gasteiger partial charge in [0.1, 0.15) is 6.10 Å². The number of hydrogen-bond acceptors (Lipinski definition) is 4. The number of esters is 1. The number of Topliss-reactive ketones (excluding diaryl/α,β-unsaturated/α-hetero) is 1. The fourth-order valence-corrected chi connectivity index (χ4v) is 3.86. The molecule has 0 radical (unpaired) electrons. The summed E-state index contributed by atoms with van der Waals surface area (Å²) in [6.07, 6.45) is 1.13. The highest BCUT2D eigenvalue weighted by molar-refractivity contribution is 7.99. The summed E-state index contributed by atoms with van der Waals surface area (Å²) in [4.78, 5) is 25.5. The number of thioether (sulfide) groups is 1. The Morgan fingerprint density at radius 3 is 2.50 bits per heavy atom. The van der Waals surface area contributed by atoms with Crippen LogP contribution in [0.1, 0.15) is 46.0 Å². The molecule has 0 N–H and O–H groups in total. The number of carbonyl (C=O) groups is 2. The molecule has 136 valence electrons. The van der Waals surface area contributed by atoms with Gasteiger partial charge < -0.3 is 4.74 Å². The Hall–Kier alpha value is -1.49. The second-order valence-electron chi connectivity index (χ2n) is 6.26. The lowest BCUT2D eigenvalue weighted by Crippen LogP contribution is -2.23. The standard InChI is InChI=1S/C20H18Cl2O3S/c1-10-8-9-14(17(22)16(10)21)15-18(23)12-6-4-5-7-13(12)19(15)25-20(24)11(2)26-3/h4-9,11,15,19H,1-3H3. The van der Waals surface area contributed by atoms with Crippen molar-refractivity contribution in [3.8, 4) is 0 Å². The second kappa shape index (κ2) is 7.63. The van der Waals surface area contributed by atoms with E-state index < -0.39 is 12.0 Å². The van der Waals surface area contributed by atoms with Gasteiger partial charge in [0.15, 0.2) is 5.78 Å². The van der Waals surface area contributed by atoms with E-state index in [1.165, 1.54) is 11.8 Å². The maximum absolute atomic E-state index is 13.1. The van der Waals surface area contributed by atoms with Gasteiger partial charge in [0, 0.05) is 11.1 Å². The Balaban J connectivity index is 2.09. The predicted octanol–water partition coefficient (Wildman–Crippen LogP) is 5.62. The number of aryl methyl sites for hydroxylation is 1. The molecule has 26 heavy (non-hydrogen) atoms. The molecule has 0 bridgehead atoms. The van der Waals surface area contributed by atoms with Gasteiger partial charge in [-0.3, -0.25) is 9.59 Å². The average molecular weight is 409 g/mol. The molecule has 0 saturated heterocycles. The van der Waals surface area contributed by atoms with Crippen LogP contribution in [0.4, 0.5) is 0 Å². The van der Waals surface area contributed by atoms with Crippen molar-refractivity contribution in [3.63, 3.8) is 0 Å². The van der Waals surface area contributed by atoms with Crippen LogP contribution in [-0.2, 0) is 9.53 Å². The quantitative estimate of drug-likeness (QED) is 0.615. The van der Waals surface area contributed by atoms with Crippen LogP contribution in [0.25, 0.3) is 0 Å². The van der Waals surface area contributed by atoms with Crippen LogP contribution >= 0.6 is 35.0 Å². The van der Waals surface area contributed by atoms with Crippen molar-refractivity contribution in [1.82, 2.24) is 0 Å². The normalized spacial score (nSPS) is 20.0. The van der Waals surface area contributed by atoms with E-state index in [0.29, 0.717) is 26.7 Å². The maximum atomic E-state index is 13.1. The van der Waals surface area contributed by atoms with Crippen molar-refractivity contribution in [3.05, 3.63) is 68.7 Å². The van der Waals surface area contributed by atoms with E-state index >= 15 is 0 Å². The van der Waals surface area contributed by atoms with Crippen molar-refractivity contribution in [2.75, 3.05) is 6.26 Å². The van der Waals surface area contributed by atoms with E-state index in [0.717, 1.165) is 5.56 Å². The Morgan fingerprint density at radius 2 is 1.81 bits per heavy atom. The van der Waals surface area contributed by atoms with Crippen molar-refractivity contribution < 1.29 is 14.3 Å². The summed E-state index contributed by atoms with van der Waals surface area (Å²) in [6, 6.07) is 10.8. The minimum absolute atomic E-state index is 0.114. The highest BCUT2D eigenvalue weighted by Gasteiger charge is 2.44. The number of fused-ring (bicyclic) bond motifs is 1. The van der Waals surface area contributed by atoms with Gasteiger partial charge >= 0.3 is 5.97 Å². The highest BCUT2D eigenvalue weighted by atomic mass is 35.5. The monoisotopic (exact) mass is 408 g/mol. The van der Waals surface area contributed by atoms with Gasteiger partial charge in [-0.2, -0.15) is 11.8 Å². The molecule has 3 nitrogen and oxygen atoms in total. The van der Waals surface area contributed by atoms with E-state index in [-0.39, 0.29) is 17.0 Å². The molecule has 3 atom stereocenters. The first-order valence-corrected chi connectivity index (χ1v) is 10.2. The van der Waals surface area contributed by atoms with E-state index in [9.17, 15) is 9.59 Å². The minimum Gasteiger partial charge on any atom is -0.455 e. The van der Waals surface area contributed by atoms with Gasteiger partial charge in [0.25, 0.3) is 0 Å². The Labute approximate surface area is 167 Å². The van der Waals surface area contributed by atoms with E-state index in [2.05, 4.69) is 0 Å². The molecular formula is C20H18Cl2O3S. The van der Waals surface area contributed by atoms with Crippen LogP contribution < -0.4 is 0 Å². The Morgan fingerprint density at radius 1 is 1.12 bits per heavy atom. The van der Waals surface area contributed by atoms with Crippen molar-refractivity contribution >= 4 is 46.7 Å². The topological polar surface area (TPSA) is 43.4 Å². The van der Waals surface area contributed by atoms with Crippen LogP contribution in [-0.4, -0.2) is 23.3 Å². The highest BCUT2D eigenvalue weighted by Crippen LogP contribution is 2.48. The lowest BCUT2D eigenvalue weighted by atomic mass is 9.92. The zero-order chi connectivity index (χ0) is 19.0. The fourth-order valence-electron chi connectivity index (χ4n) is 3.11. The summed E-state index contributed by atoms with van der Waals surface area (Å²) in [7, 11) is 0. The molecule has 0 spiro atoms. The molecule has 2 aromatic carbocycles. The SMILES string of the molecule is CSC(C)C(=O)OC1c2ccccc2C(=O)C1c1ccc(C)c(Cl)c1Cl. The number of hydrogen-bond donors (Lipinski definition) is 0. The molecule has 0 heterocycles. The first kappa shape index (κ1) is 19.3. The Bertz CT molecular complexity index is 881. The van der Waals surface area contributed by atoms with Crippen molar-refractivity contribution in [1.29, 1.82) is 0 Å². The number of halogens is 2. The van der Waals surface area contributed by atoms with Crippen LogP contribution in [0.15, 0.2) is 36.4 Å². The number of ketones is 1. The van der Waals surface area contributed by atoms with Gasteiger partial charge in [-0.05, 0) is 31.2 Å². The lowest BCUT2D eigenvalue weighted by Gasteiger charge is -2.23. The molecule has 0 aromatic heterocycles. The van der Waals surface area contributed by atoms with Crippen LogP contribution in [0.3, 0.4) is 0 Å². The van der Waals surface area contributed by atoms with E-state index in [1.807, 2.05) is 31.4 Å². The zero-order valence-electron chi connectivity index (χ0n) is 14.6. The van der Waals surface area contributed by atoms with Crippen molar-refractivity contribution in [2.24, 2.45) is 0 Å². The summed E-state index contributed by atoms with van der Waals surface area (Å²) in [5.74, 6) is -1.17. The van der Waals surface area contributed by atoms with Gasteiger partial charge in [-0.25, -0.2) is 0 Å². The van der Waals surface area contributed by atoms with E-state index in [4.69, 9.17) is 27.9 Å². The molecule has 1 aliphatic carbocycles. The predicted molar refractivity (Wildman–Crippen MR) is 107 cm³/mol. The third-order valence-electron chi connectivity index (χ3n) is 4.69. The molecular weight excluding hydrogens is 391 g/mol. The van der Waals surface area contributed by atoms with E-state index in [1.54, 1.807) is 25.1 Å². The third-order valence-corrected chi connectivity index (χ3v) is 6.58. The third kappa shape index (κ3) is 3.26. The summed E-state index contributed by atoms with van der Waals surface area (Å²) < 4.78 is 5.77. The summed E-state index contributed by atoms with van der Waals surface area (Å²) in [5.41, 5.74) is 2.67. The first-order chi connectivity index (χ1) is 12.4. The largest absolute Gasteiger partial charge is 0.455 e. The van der Waals surface area contributed by atoms with Crippen LogP contribution in [0.2, 0.25) is 10.0 Å². The number of benzene rings is 2. The van der Waals surface area contributed by atoms with Crippen LogP contribution in [0, 0.1) is 6.92 Å². The Kier molecular flexibility index (Phi) is 5.66. The number of rotatable bonds is 4. The second-order valence-corrected chi connectivity index (χ2v) is 8.20. The lowest BCUT2D eigenvalue weighted by molar-refractivity contribution is -0.148. The summed E-state index contributed by atoms with van der Waals surface area (Å²) in [5, 5.41) is 0.419. The molecule has 3 unspecified atom stereocenters. The number of carbonyl (C=O) groups excluding carboxylic acids is 2.